The minimum atomic E-state index is -2.92. The van der Waals surface area contributed by atoms with Crippen molar-refractivity contribution in [2.24, 2.45) is 33.3 Å². The number of carbonyl (C=O) groups is 2. The summed E-state index contributed by atoms with van der Waals surface area (Å²) in [5.74, 6) is 3.03. The van der Waals surface area contributed by atoms with Crippen LogP contribution in [0.3, 0.4) is 0 Å². The molecule has 2 unspecified atom stereocenters. The monoisotopic (exact) mass is 1000 g/mol. The van der Waals surface area contributed by atoms with E-state index in [1.54, 1.807) is 37.4 Å². The van der Waals surface area contributed by atoms with Crippen LogP contribution in [0.2, 0.25) is 0 Å². The largest absolute Gasteiger partial charge is 0.486 e. The van der Waals surface area contributed by atoms with Gasteiger partial charge in [-0.15, -0.1) is 0 Å². The molecule has 12 nitrogen and oxygen atoms in total. The summed E-state index contributed by atoms with van der Waals surface area (Å²) >= 11 is 3.39. The van der Waals surface area contributed by atoms with Crippen molar-refractivity contribution in [1.82, 2.24) is 9.80 Å². The molecule has 0 radical (unpaired) electrons. The number of carbonyl (C=O) groups excluding carboxylic acids is 2. The number of likely N-dealkylation sites (N-methyl/N-ethyl adjacent to an activating group) is 2. The second-order valence-corrected chi connectivity index (χ2v) is 19.0. The molecular formula is C50H54BBrF4N6O6. The van der Waals surface area contributed by atoms with E-state index in [2.05, 4.69) is 81.2 Å². The van der Waals surface area contributed by atoms with Crippen molar-refractivity contribution < 1.29 is 45.9 Å². The van der Waals surface area contributed by atoms with Crippen molar-refractivity contribution in [3.05, 3.63) is 147 Å². The summed E-state index contributed by atoms with van der Waals surface area (Å²) in [7, 11) is 2.95. The summed E-state index contributed by atoms with van der Waals surface area (Å²) in [4.78, 5) is 37.7. The van der Waals surface area contributed by atoms with Gasteiger partial charge in [0.15, 0.2) is 23.0 Å². The van der Waals surface area contributed by atoms with E-state index in [1.165, 1.54) is 78.9 Å². The predicted octanol–water partition coefficient (Wildman–Crippen LogP) is 9.41. The maximum atomic E-state index is 13.3. The molecule has 1 saturated heterocycles. The highest BCUT2D eigenvalue weighted by molar-refractivity contribution is 9.10. The predicted molar refractivity (Wildman–Crippen MR) is 257 cm³/mol. The van der Waals surface area contributed by atoms with Gasteiger partial charge in [-0.1, -0.05) is 94.7 Å². The van der Waals surface area contributed by atoms with Crippen LogP contribution in [0.4, 0.5) is 17.6 Å². The number of aliphatic imine (C=N–C) groups is 2. The zero-order chi connectivity index (χ0) is 49.2. The molecule has 358 valence electrons. The number of hydrogen-bond donors (Lipinski definition) is 2. The van der Waals surface area contributed by atoms with Crippen molar-refractivity contribution in [3.63, 3.8) is 0 Å². The van der Waals surface area contributed by atoms with E-state index in [0.717, 1.165) is 16.0 Å². The molecule has 68 heavy (non-hydrogen) atoms. The molecule has 2 saturated carbocycles. The number of rotatable bonds is 12. The Morgan fingerprint density at radius 2 is 1.09 bits per heavy atom. The first kappa shape index (κ1) is 49.9. The van der Waals surface area contributed by atoms with Gasteiger partial charge in [0.05, 0.1) is 11.2 Å². The number of nitrogens with zero attached hydrogens (tertiary/aromatic N) is 4. The quantitative estimate of drug-likeness (QED) is 0.105. The smallest absolute Gasteiger partial charge is 0.435 e. The Kier molecular flexibility index (Phi) is 14.6. The summed E-state index contributed by atoms with van der Waals surface area (Å²) in [6.07, 6.45) is 11.5. The molecule has 4 aromatic carbocycles. The van der Waals surface area contributed by atoms with Gasteiger partial charge >= 0.3 is 20.3 Å². The van der Waals surface area contributed by atoms with Crippen LogP contribution in [-0.2, 0) is 30.0 Å². The van der Waals surface area contributed by atoms with E-state index < -0.39 is 24.3 Å². The average Bonchev–Trinajstić information content (AvgIpc) is 4.23. The van der Waals surface area contributed by atoms with Crippen LogP contribution in [-0.4, -0.2) is 79.2 Å². The topological polar surface area (TPSA) is 154 Å². The van der Waals surface area contributed by atoms with Gasteiger partial charge < -0.3 is 30.2 Å². The van der Waals surface area contributed by atoms with E-state index in [1.807, 2.05) is 36.4 Å². The lowest BCUT2D eigenvalue weighted by Gasteiger charge is -2.32. The fraction of sp³-hybridized carbons (Fsp3) is 0.360. The van der Waals surface area contributed by atoms with Gasteiger partial charge in [0.1, 0.15) is 11.5 Å². The molecule has 2 amide bonds. The van der Waals surface area contributed by atoms with E-state index >= 15 is 0 Å². The number of ether oxygens (including phenoxy) is 2. The number of amides is 2. The van der Waals surface area contributed by atoms with E-state index in [9.17, 15) is 27.2 Å². The number of guanidine groups is 2. The number of nitrogens with two attached hydrogens (primary N) is 2. The molecule has 4 aromatic rings. The molecule has 4 N–H and O–H groups in total. The van der Waals surface area contributed by atoms with Crippen molar-refractivity contribution in [2.75, 3.05) is 14.1 Å². The standard InChI is InChI=1S/C22H21F2N3O2.C17H14BrF2N3O2.C11H19BO2/c1-27-19(28)22(26-21(27)25,16-9-11-18(12-10-16)29-20(23)24)17-4-2-3-15(13-17)8-7-14-5-6-14;1-23-14(24)17(22-16(23)21,11-3-2-4-12(18)9-11)10-5-7-13(8-6-10)25-15(19)20;1-10(2)11(3,4)14-12(13-10)8-7-9-5-6-9/h2-4,7-14,20H,5-6H2,1H3,(H2,25,26);2-9,15H,1H3,(H2,21,22);7-9H,5-6H2,1-4H3/b8-7+;;8-7+. The first-order valence-corrected chi connectivity index (χ1v) is 22.9. The second kappa shape index (κ2) is 19.9. The number of benzene rings is 4. The van der Waals surface area contributed by atoms with Crippen molar-refractivity contribution in [3.8, 4) is 11.5 Å². The molecule has 0 bridgehead atoms. The lowest BCUT2D eigenvalue weighted by atomic mass is 9.82. The van der Waals surface area contributed by atoms with E-state index in [-0.39, 0.29) is 53.6 Å². The fourth-order valence-corrected chi connectivity index (χ4v) is 8.14. The van der Waals surface area contributed by atoms with Crippen molar-refractivity contribution in [1.29, 1.82) is 0 Å². The van der Waals surface area contributed by atoms with Crippen LogP contribution >= 0.6 is 15.9 Å². The van der Waals surface area contributed by atoms with E-state index in [0.29, 0.717) is 28.2 Å². The van der Waals surface area contributed by atoms with Crippen molar-refractivity contribution in [2.45, 2.75) is 88.9 Å². The van der Waals surface area contributed by atoms with Crippen LogP contribution in [0.15, 0.2) is 130 Å². The summed E-state index contributed by atoms with van der Waals surface area (Å²) in [5, 5.41) is 0. The van der Waals surface area contributed by atoms with Gasteiger partial charge in [-0.2, -0.15) is 17.6 Å². The molecule has 2 atom stereocenters. The second-order valence-electron chi connectivity index (χ2n) is 18.1. The number of alkyl halides is 4. The van der Waals surface area contributed by atoms with Crippen molar-refractivity contribution >= 4 is 52.9 Å². The Labute approximate surface area is 402 Å². The Morgan fingerprint density at radius 1 is 0.662 bits per heavy atom. The minimum Gasteiger partial charge on any atom is -0.435 e. The number of hydrogen-bond acceptors (Lipinski definition) is 10. The molecule has 18 heteroatoms. The molecule has 0 aromatic heterocycles. The summed E-state index contributed by atoms with van der Waals surface area (Å²) < 4.78 is 70.9. The third-order valence-electron chi connectivity index (χ3n) is 12.6. The molecule has 2 aliphatic carbocycles. The Balaban J connectivity index is 0.000000160. The number of allylic oxidation sites excluding steroid dienone is 2. The van der Waals surface area contributed by atoms with E-state index in [4.69, 9.17) is 20.8 Å². The SMILES string of the molecule is CC1(C)OB(/C=C/C2CC2)OC1(C)C.CN1C(=O)C(c2ccc(OC(F)F)cc2)(c2cccc(/C=C/C3CC3)c2)N=C1N.CN1C(=O)C(c2ccc(OC(F)F)cc2)(c2cccc(Br)c2)N=C1N. The Bertz CT molecular complexity index is 2590. The average molecular weight is 1000 g/mol. The van der Waals surface area contributed by atoms with Crippen LogP contribution in [0.1, 0.15) is 81.2 Å². The summed E-state index contributed by atoms with van der Waals surface area (Å²) in [6.45, 7) is 2.49. The Morgan fingerprint density at radius 3 is 1.49 bits per heavy atom. The fourth-order valence-electron chi connectivity index (χ4n) is 7.74. The van der Waals surface area contributed by atoms with Gasteiger partial charge in [0.2, 0.25) is 0 Å². The lowest BCUT2D eigenvalue weighted by Crippen LogP contribution is -2.41. The maximum absolute atomic E-state index is 13.3. The van der Waals surface area contributed by atoms with Gasteiger partial charge in [0.25, 0.3) is 11.8 Å². The highest BCUT2D eigenvalue weighted by atomic mass is 79.9. The van der Waals surface area contributed by atoms with Crippen LogP contribution in [0.25, 0.3) is 6.08 Å². The lowest BCUT2D eigenvalue weighted by molar-refractivity contribution is -0.130. The zero-order valence-electron chi connectivity index (χ0n) is 38.5. The molecular weight excluding hydrogens is 947 g/mol. The summed E-state index contributed by atoms with van der Waals surface area (Å²) in [5.41, 5.74) is 12.0. The molecule has 9 rings (SSSR count). The van der Waals surface area contributed by atoms with Crippen LogP contribution in [0.5, 0.6) is 11.5 Å². The first-order valence-electron chi connectivity index (χ1n) is 22.1. The maximum Gasteiger partial charge on any atom is 0.486 e. The molecule has 3 fully saturated rings. The van der Waals surface area contributed by atoms with Gasteiger partial charge in [-0.25, -0.2) is 9.98 Å². The first-order chi connectivity index (χ1) is 32.1. The number of halogens is 5. The zero-order valence-corrected chi connectivity index (χ0v) is 40.1. The molecule has 3 aliphatic heterocycles. The highest BCUT2D eigenvalue weighted by Gasteiger charge is 2.52. The third-order valence-corrected chi connectivity index (χ3v) is 13.1. The highest BCUT2D eigenvalue weighted by Crippen LogP contribution is 2.43. The molecule has 5 aliphatic rings. The normalized spacial score (nSPS) is 22.9. The van der Waals surface area contributed by atoms with Gasteiger partial charge in [-0.3, -0.25) is 19.4 Å². The third kappa shape index (κ3) is 10.8. The molecule has 0 spiro atoms. The Hall–Kier alpha value is -5.98. The van der Waals surface area contributed by atoms with Crippen LogP contribution < -0.4 is 20.9 Å². The molecule has 3 heterocycles. The minimum absolute atomic E-state index is 0.00102. The van der Waals surface area contributed by atoms with Crippen LogP contribution in [0, 0.1) is 11.8 Å². The summed E-state index contributed by atoms with van der Waals surface area (Å²) in [6, 6.07) is 26.5. The van der Waals surface area contributed by atoms with Gasteiger partial charge in [-0.05, 0) is 135 Å². The van der Waals surface area contributed by atoms with Gasteiger partial charge in [0, 0.05) is 18.6 Å².